The first-order valence-corrected chi connectivity index (χ1v) is 9.05. The maximum absolute atomic E-state index is 12.5. The highest BCUT2D eigenvalue weighted by molar-refractivity contribution is 6.31. The van der Waals surface area contributed by atoms with Gasteiger partial charge in [0.2, 0.25) is 0 Å². The minimum absolute atomic E-state index is 0.198. The molecule has 1 aliphatic heterocycles. The summed E-state index contributed by atoms with van der Waals surface area (Å²) in [4.78, 5) is 16.5. The Morgan fingerprint density at radius 2 is 1.93 bits per heavy atom. The summed E-state index contributed by atoms with van der Waals surface area (Å²) in [5.41, 5.74) is 2.95. The van der Waals surface area contributed by atoms with Crippen molar-refractivity contribution in [1.82, 2.24) is 4.90 Å². The van der Waals surface area contributed by atoms with Crippen LogP contribution >= 0.6 is 11.6 Å². The molecule has 0 aromatic heterocycles. The predicted octanol–water partition coefficient (Wildman–Crippen LogP) is 3.88. The third-order valence-electron chi connectivity index (χ3n) is 4.66. The summed E-state index contributed by atoms with van der Waals surface area (Å²) in [5, 5.41) is 12.7. The van der Waals surface area contributed by atoms with Crippen molar-refractivity contribution >= 4 is 29.0 Å². The lowest BCUT2D eigenvalue weighted by Gasteiger charge is -2.36. The number of amides is 2. The van der Waals surface area contributed by atoms with E-state index in [1.807, 2.05) is 19.1 Å². The van der Waals surface area contributed by atoms with Crippen LogP contribution in [0.5, 0.6) is 5.75 Å². The fraction of sp³-hybridized carbons (Fsp3) is 0.300. The van der Waals surface area contributed by atoms with Crippen LogP contribution in [-0.2, 0) is 0 Å². The van der Waals surface area contributed by atoms with Gasteiger partial charge in [-0.15, -0.1) is 0 Å². The average molecular weight is 385 g/mol. The lowest BCUT2D eigenvalue weighted by molar-refractivity contribution is 0.208. The lowest BCUT2D eigenvalue weighted by Crippen LogP contribution is -2.50. The molecule has 1 N–H and O–H groups in total. The highest BCUT2D eigenvalue weighted by atomic mass is 35.5. The Kier molecular flexibility index (Phi) is 5.72. The number of aryl methyl sites for hydroxylation is 1. The van der Waals surface area contributed by atoms with Crippen molar-refractivity contribution in [2.45, 2.75) is 6.92 Å². The minimum Gasteiger partial charge on any atom is -0.495 e. The first kappa shape index (κ1) is 18.9. The predicted molar refractivity (Wildman–Crippen MR) is 107 cm³/mol. The van der Waals surface area contributed by atoms with Crippen molar-refractivity contribution in [2.24, 2.45) is 0 Å². The molecule has 0 unspecified atom stereocenters. The SMILES string of the molecule is COc1cc(Cl)c(C)cc1N1CCN(C(=O)Nc2ccccc2C#N)CC1. The molecule has 0 saturated carbocycles. The van der Waals surface area contributed by atoms with Crippen molar-refractivity contribution in [3.8, 4) is 11.8 Å². The van der Waals surface area contributed by atoms with Gasteiger partial charge in [0.25, 0.3) is 0 Å². The minimum atomic E-state index is -0.198. The summed E-state index contributed by atoms with van der Waals surface area (Å²) >= 11 is 6.19. The molecule has 6 nitrogen and oxygen atoms in total. The largest absolute Gasteiger partial charge is 0.495 e. The highest BCUT2D eigenvalue weighted by Gasteiger charge is 2.24. The highest BCUT2D eigenvalue weighted by Crippen LogP contribution is 2.34. The van der Waals surface area contributed by atoms with Gasteiger partial charge in [-0.25, -0.2) is 4.79 Å². The average Bonchev–Trinajstić information content (AvgIpc) is 2.70. The quantitative estimate of drug-likeness (QED) is 0.871. The van der Waals surface area contributed by atoms with E-state index in [4.69, 9.17) is 21.6 Å². The second kappa shape index (κ2) is 8.19. The molecule has 2 aromatic rings. The maximum Gasteiger partial charge on any atom is 0.322 e. The number of hydrogen-bond acceptors (Lipinski definition) is 4. The molecule has 3 rings (SSSR count). The molecule has 1 heterocycles. The molecule has 0 radical (unpaired) electrons. The number of anilines is 2. The van der Waals surface area contributed by atoms with E-state index in [9.17, 15) is 4.79 Å². The zero-order valence-electron chi connectivity index (χ0n) is 15.3. The third kappa shape index (κ3) is 4.09. The molecule has 140 valence electrons. The Hall–Kier alpha value is -2.91. The normalized spacial score (nSPS) is 13.9. The Bertz CT molecular complexity index is 886. The summed E-state index contributed by atoms with van der Waals surface area (Å²) in [6.07, 6.45) is 0. The van der Waals surface area contributed by atoms with Crippen LogP contribution < -0.4 is 15.0 Å². The van der Waals surface area contributed by atoms with Gasteiger partial charge in [-0.2, -0.15) is 5.26 Å². The Morgan fingerprint density at radius 1 is 1.22 bits per heavy atom. The second-order valence-electron chi connectivity index (χ2n) is 6.33. The number of carbonyl (C=O) groups is 1. The van der Waals surface area contributed by atoms with Crippen LogP contribution in [-0.4, -0.2) is 44.2 Å². The van der Waals surface area contributed by atoms with Gasteiger partial charge in [-0.05, 0) is 30.7 Å². The van der Waals surface area contributed by atoms with E-state index in [1.54, 1.807) is 36.3 Å². The number of nitrogens with zero attached hydrogens (tertiary/aromatic N) is 3. The van der Waals surface area contributed by atoms with Crippen molar-refractivity contribution in [2.75, 3.05) is 43.5 Å². The number of nitriles is 1. The topological polar surface area (TPSA) is 68.6 Å². The zero-order valence-corrected chi connectivity index (χ0v) is 16.1. The summed E-state index contributed by atoms with van der Waals surface area (Å²) in [6.45, 7) is 4.48. The van der Waals surface area contributed by atoms with Crippen LogP contribution in [0.4, 0.5) is 16.2 Å². The summed E-state index contributed by atoms with van der Waals surface area (Å²) in [5.74, 6) is 0.728. The van der Waals surface area contributed by atoms with Gasteiger partial charge in [0, 0.05) is 37.3 Å². The first-order chi connectivity index (χ1) is 13.0. The summed E-state index contributed by atoms with van der Waals surface area (Å²) < 4.78 is 5.46. The monoisotopic (exact) mass is 384 g/mol. The van der Waals surface area contributed by atoms with E-state index in [0.717, 1.165) is 17.0 Å². The number of methoxy groups -OCH3 is 1. The molecular formula is C20H21ClN4O2. The molecule has 0 spiro atoms. The van der Waals surface area contributed by atoms with Gasteiger partial charge < -0.3 is 19.9 Å². The smallest absolute Gasteiger partial charge is 0.322 e. The fourth-order valence-electron chi connectivity index (χ4n) is 3.09. The summed E-state index contributed by atoms with van der Waals surface area (Å²) in [6, 6.07) is 12.7. The molecular weight excluding hydrogens is 364 g/mol. The molecule has 1 fully saturated rings. The number of piperazine rings is 1. The Balaban J connectivity index is 1.66. The van der Waals surface area contributed by atoms with E-state index in [2.05, 4.69) is 16.3 Å². The molecule has 7 heteroatoms. The lowest BCUT2D eigenvalue weighted by atomic mass is 10.1. The van der Waals surface area contributed by atoms with Gasteiger partial charge in [-0.1, -0.05) is 23.7 Å². The standard InChI is InChI=1S/C20H21ClN4O2/c1-14-11-18(19(27-2)12-16(14)21)24-7-9-25(10-8-24)20(26)23-17-6-4-3-5-15(17)13-22/h3-6,11-12H,7-10H2,1-2H3,(H,23,26). The molecule has 0 atom stereocenters. The number of urea groups is 1. The molecule has 0 aliphatic carbocycles. The number of hydrogen-bond donors (Lipinski definition) is 1. The second-order valence-corrected chi connectivity index (χ2v) is 6.74. The third-order valence-corrected chi connectivity index (χ3v) is 5.06. The number of rotatable bonds is 3. The van der Waals surface area contributed by atoms with Crippen LogP contribution in [0.1, 0.15) is 11.1 Å². The van der Waals surface area contributed by atoms with Gasteiger partial charge in [-0.3, -0.25) is 0 Å². The van der Waals surface area contributed by atoms with Crippen LogP contribution in [0, 0.1) is 18.3 Å². The molecule has 2 aromatic carbocycles. The first-order valence-electron chi connectivity index (χ1n) is 8.67. The van der Waals surface area contributed by atoms with Crippen molar-refractivity contribution < 1.29 is 9.53 Å². The Labute approximate surface area is 163 Å². The van der Waals surface area contributed by atoms with Crippen LogP contribution in [0.15, 0.2) is 36.4 Å². The molecule has 1 saturated heterocycles. The van der Waals surface area contributed by atoms with Gasteiger partial charge in [0.05, 0.1) is 24.0 Å². The zero-order chi connectivity index (χ0) is 19.4. The maximum atomic E-state index is 12.5. The number of nitrogens with one attached hydrogen (secondary N) is 1. The molecule has 1 aliphatic rings. The van der Waals surface area contributed by atoms with Crippen LogP contribution in [0.2, 0.25) is 5.02 Å². The van der Waals surface area contributed by atoms with Gasteiger partial charge in [0.1, 0.15) is 11.8 Å². The number of carbonyl (C=O) groups excluding carboxylic acids is 1. The van der Waals surface area contributed by atoms with E-state index in [-0.39, 0.29) is 6.03 Å². The van der Waals surface area contributed by atoms with Gasteiger partial charge in [0.15, 0.2) is 0 Å². The number of benzene rings is 2. The van der Waals surface area contributed by atoms with Crippen LogP contribution in [0.3, 0.4) is 0 Å². The van der Waals surface area contributed by atoms with Crippen molar-refractivity contribution in [3.63, 3.8) is 0 Å². The molecule has 0 bridgehead atoms. The molecule has 2 amide bonds. The number of ether oxygens (including phenoxy) is 1. The molecule has 27 heavy (non-hydrogen) atoms. The Morgan fingerprint density at radius 3 is 2.59 bits per heavy atom. The van der Waals surface area contributed by atoms with Crippen molar-refractivity contribution in [1.29, 1.82) is 5.26 Å². The van der Waals surface area contributed by atoms with Crippen molar-refractivity contribution in [3.05, 3.63) is 52.5 Å². The van der Waals surface area contributed by atoms with E-state index < -0.39 is 0 Å². The fourth-order valence-corrected chi connectivity index (χ4v) is 3.25. The van der Waals surface area contributed by atoms with E-state index in [1.165, 1.54) is 0 Å². The van der Waals surface area contributed by atoms with E-state index >= 15 is 0 Å². The number of para-hydroxylation sites is 1. The number of halogens is 1. The van der Waals surface area contributed by atoms with Gasteiger partial charge >= 0.3 is 6.03 Å². The van der Waals surface area contributed by atoms with E-state index in [0.29, 0.717) is 42.5 Å². The summed E-state index contributed by atoms with van der Waals surface area (Å²) in [7, 11) is 1.63. The van der Waals surface area contributed by atoms with Crippen LogP contribution in [0.25, 0.3) is 0 Å².